The lowest BCUT2D eigenvalue weighted by Gasteiger charge is -2.30. The maximum atomic E-state index is 2.34. The van der Waals surface area contributed by atoms with Gasteiger partial charge in [0.25, 0.3) is 0 Å². The van der Waals surface area contributed by atoms with Crippen molar-refractivity contribution in [2.45, 2.75) is 47.0 Å². The highest BCUT2D eigenvalue weighted by Crippen LogP contribution is 2.46. The van der Waals surface area contributed by atoms with Gasteiger partial charge in [-0.05, 0) is 43.4 Å². The quantitative estimate of drug-likeness (QED) is 0.661. The van der Waals surface area contributed by atoms with Crippen molar-refractivity contribution in [3.63, 3.8) is 0 Å². The molecule has 0 heterocycles. The molecule has 0 radical (unpaired) electrons. The summed E-state index contributed by atoms with van der Waals surface area (Å²) < 4.78 is 0. The van der Waals surface area contributed by atoms with Gasteiger partial charge in [0.2, 0.25) is 0 Å². The third-order valence-electron chi connectivity index (χ3n) is 4.78. The molecule has 1 aromatic carbocycles. The number of rotatable bonds is 2. The lowest BCUT2D eigenvalue weighted by molar-refractivity contribution is 0.622. The molecular weight excluding hydrogens is 216 g/mol. The van der Waals surface area contributed by atoms with E-state index in [2.05, 4.69) is 71.9 Å². The van der Waals surface area contributed by atoms with E-state index in [-0.39, 0.29) is 5.41 Å². The molecule has 0 fully saturated rings. The highest BCUT2D eigenvalue weighted by atomic mass is 14.4. The fraction of sp³-hybridized carbons (Fsp3) is 0.444. The zero-order chi connectivity index (χ0) is 13.5. The van der Waals surface area contributed by atoms with E-state index in [0.717, 1.165) is 0 Å². The first-order chi connectivity index (χ1) is 8.37. The van der Waals surface area contributed by atoms with Gasteiger partial charge in [-0.1, -0.05) is 62.2 Å². The predicted octanol–water partition coefficient (Wildman–Crippen LogP) is 5.27. The minimum atomic E-state index is 0.0987. The second-order valence-electron chi connectivity index (χ2n) is 6.08. The molecule has 18 heavy (non-hydrogen) atoms. The molecule has 2 rings (SSSR count). The summed E-state index contributed by atoms with van der Waals surface area (Å²) >= 11 is 0. The van der Waals surface area contributed by atoms with Gasteiger partial charge in [0, 0.05) is 5.41 Å². The Labute approximate surface area is 111 Å². The lowest BCUT2D eigenvalue weighted by Crippen LogP contribution is -2.21. The topological polar surface area (TPSA) is 0 Å². The second kappa shape index (κ2) is 4.42. The molecule has 1 unspecified atom stereocenters. The predicted molar refractivity (Wildman–Crippen MR) is 79.7 cm³/mol. The molecule has 1 aromatic rings. The summed E-state index contributed by atoms with van der Waals surface area (Å²) in [5.41, 5.74) is 7.61. The van der Waals surface area contributed by atoms with Crippen LogP contribution < -0.4 is 0 Å². The van der Waals surface area contributed by atoms with E-state index in [1.54, 1.807) is 11.1 Å². The Balaban J connectivity index is 2.56. The van der Waals surface area contributed by atoms with E-state index in [0.29, 0.717) is 5.92 Å². The monoisotopic (exact) mass is 240 g/mol. The number of hydrogen-bond acceptors (Lipinski definition) is 0. The molecule has 0 aromatic heterocycles. The van der Waals surface area contributed by atoms with E-state index in [1.165, 1.54) is 16.7 Å². The van der Waals surface area contributed by atoms with Crippen LogP contribution in [0.2, 0.25) is 0 Å². The molecule has 0 amide bonds. The number of benzene rings is 1. The highest BCUT2D eigenvalue weighted by molar-refractivity contribution is 5.54. The smallest absolute Gasteiger partial charge is 0.0148 e. The van der Waals surface area contributed by atoms with E-state index in [9.17, 15) is 0 Å². The molecule has 0 nitrogen and oxygen atoms in total. The first-order valence-corrected chi connectivity index (χ1v) is 6.82. The maximum absolute atomic E-state index is 2.34. The third-order valence-corrected chi connectivity index (χ3v) is 4.78. The van der Waals surface area contributed by atoms with Crippen LogP contribution in [-0.4, -0.2) is 0 Å². The standard InChI is InChI=1S/C18H24/c1-12-13(2)15(4)17(14(12)3)18(5,6)16-10-8-7-9-11-16/h7-12H,1-6H3. The molecule has 0 aliphatic heterocycles. The average molecular weight is 240 g/mol. The van der Waals surface area contributed by atoms with E-state index < -0.39 is 0 Å². The van der Waals surface area contributed by atoms with Crippen LogP contribution in [0.25, 0.3) is 0 Å². The molecule has 0 saturated carbocycles. The summed E-state index contributed by atoms with van der Waals surface area (Å²) in [6.07, 6.45) is 0. The largest absolute Gasteiger partial charge is 0.0632 e. The summed E-state index contributed by atoms with van der Waals surface area (Å²) in [5.74, 6) is 0.600. The Morgan fingerprint density at radius 2 is 1.44 bits per heavy atom. The summed E-state index contributed by atoms with van der Waals surface area (Å²) in [5, 5.41) is 0. The van der Waals surface area contributed by atoms with Gasteiger partial charge >= 0.3 is 0 Å². The molecule has 96 valence electrons. The number of allylic oxidation sites excluding steroid dienone is 4. The Hall–Kier alpha value is -1.30. The zero-order valence-corrected chi connectivity index (χ0v) is 12.5. The van der Waals surface area contributed by atoms with Crippen molar-refractivity contribution in [1.82, 2.24) is 0 Å². The molecule has 0 N–H and O–H groups in total. The van der Waals surface area contributed by atoms with Crippen molar-refractivity contribution in [2.24, 2.45) is 5.92 Å². The molecule has 1 aliphatic carbocycles. The first-order valence-electron chi connectivity index (χ1n) is 6.82. The summed E-state index contributed by atoms with van der Waals surface area (Å²) in [7, 11) is 0. The van der Waals surface area contributed by atoms with Gasteiger partial charge in [0.05, 0.1) is 0 Å². The van der Waals surface area contributed by atoms with Crippen molar-refractivity contribution in [2.75, 3.05) is 0 Å². The summed E-state index contributed by atoms with van der Waals surface area (Å²) in [4.78, 5) is 0. The molecule has 0 bridgehead atoms. The van der Waals surface area contributed by atoms with Crippen molar-refractivity contribution in [3.8, 4) is 0 Å². The Morgan fingerprint density at radius 1 is 0.889 bits per heavy atom. The summed E-state index contributed by atoms with van der Waals surface area (Å²) in [6, 6.07) is 10.8. The van der Waals surface area contributed by atoms with Crippen LogP contribution in [0, 0.1) is 5.92 Å². The van der Waals surface area contributed by atoms with Crippen molar-refractivity contribution < 1.29 is 0 Å². The van der Waals surface area contributed by atoms with Crippen LogP contribution in [0.15, 0.2) is 52.6 Å². The van der Waals surface area contributed by atoms with Gasteiger partial charge in [-0.15, -0.1) is 0 Å². The van der Waals surface area contributed by atoms with E-state index >= 15 is 0 Å². The van der Waals surface area contributed by atoms with Crippen molar-refractivity contribution in [3.05, 3.63) is 58.2 Å². The maximum Gasteiger partial charge on any atom is 0.0148 e. The molecule has 1 aliphatic rings. The fourth-order valence-electron chi connectivity index (χ4n) is 3.32. The second-order valence-corrected chi connectivity index (χ2v) is 6.08. The first kappa shape index (κ1) is 13.1. The minimum Gasteiger partial charge on any atom is -0.0632 e. The van der Waals surface area contributed by atoms with Crippen LogP contribution in [0.5, 0.6) is 0 Å². The molecular formula is C18H24. The van der Waals surface area contributed by atoms with E-state index in [4.69, 9.17) is 0 Å². The fourth-order valence-corrected chi connectivity index (χ4v) is 3.32. The van der Waals surface area contributed by atoms with Crippen LogP contribution in [0.4, 0.5) is 0 Å². The highest BCUT2D eigenvalue weighted by Gasteiger charge is 2.34. The zero-order valence-electron chi connectivity index (χ0n) is 12.5. The third kappa shape index (κ3) is 1.84. The van der Waals surface area contributed by atoms with Crippen LogP contribution >= 0.6 is 0 Å². The van der Waals surface area contributed by atoms with Crippen LogP contribution in [0.1, 0.15) is 47.1 Å². The van der Waals surface area contributed by atoms with E-state index in [1.807, 2.05) is 0 Å². The van der Waals surface area contributed by atoms with Crippen molar-refractivity contribution >= 4 is 0 Å². The van der Waals surface area contributed by atoms with Crippen LogP contribution in [0.3, 0.4) is 0 Å². The van der Waals surface area contributed by atoms with Gasteiger partial charge < -0.3 is 0 Å². The molecule has 0 spiro atoms. The number of hydrogen-bond donors (Lipinski definition) is 0. The average Bonchev–Trinajstić information content (AvgIpc) is 2.55. The molecule has 1 atom stereocenters. The van der Waals surface area contributed by atoms with Gasteiger partial charge in [-0.25, -0.2) is 0 Å². The molecule has 0 saturated heterocycles. The Kier molecular flexibility index (Phi) is 3.23. The Morgan fingerprint density at radius 3 is 1.89 bits per heavy atom. The SMILES string of the molecule is CC1=C(C)C(C)C(C)=C1C(C)(C)c1ccccc1. The van der Waals surface area contributed by atoms with Crippen molar-refractivity contribution in [1.29, 1.82) is 0 Å². The van der Waals surface area contributed by atoms with Gasteiger partial charge in [0.1, 0.15) is 0 Å². The molecule has 0 heteroatoms. The lowest BCUT2D eigenvalue weighted by atomic mass is 9.74. The van der Waals surface area contributed by atoms with Crippen LogP contribution in [-0.2, 0) is 5.41 Å². The normalized spacial score (nSPS) is 20.9. The summed E-state index contributed by atoms with van der Waals surface area (Å²) in [6.45, 7) is 13.9. The van der Waals surface area contributed by atoms with Gasteiger partial charge in [-0.3, -0.25) is 0 Å². The van der Waals surface area contributed by atoms with Gasteiger partial charge in [0.15, 0.2) is 0 Å². The van der Waals surface area contributed by atoms with Gasteiger partial charge in [-0.2, -0.15) is 0 Å². The minimum absolute atomic E-state index is 0.0987. The Bertz CT molecular complexity index is 512.